The van der Waals surface area contributed by atoms with Crippen LogP contribution in [-0.2, 0) is 23.9 Å². The van der Waals surface area contributed by atoms with E-state index in [2.05, 4.69) is 21.3 Å². The molecule has 1 aromatic rings. The molecule has 0 saturated heterocycles. The van der Waals surface area contributed by atoms with Gasteiger partial charge in [0.15, 0.2) is 0 Å². The highest BCUT2D eigenvalue weighted by Gasteiger charge is 2.40. The molecule has 1 aromatic carbocycles. The van der Waals surface area contributed by atoms with E-state index in [-0.39, 0.29) is 6.54 Å². The first-order valence-electron chi connectivity index (χ1n) is 10.8. The van der Waals surface area contributed by atoms with E-state index in [1.165, 1.54) is 18.9 Å². The quantitative estimate of drug-likeness (QED) is 0.465. The number of benzene rings is 1. The van der Waals surface area contributed by atoms with Crippen molar-refractivity contribution in [2.75, 3.05) is 13.7 Å². The number of carbonyl (C=O) groups is 4. The van der Waals surface area contributed by atoms with Crippen molar-refractivity contribution in [2.45, 2.75) is 71.7 Å². The molecule has 2 atom stereocenters. The van der Waals surface area contributed by atoms with Gasteiger partial charge >= 0.3 is 12.1 Å². The summed E-state index contributed by atoms with van der Waals surface area (Å²) in [5, 5.41) is 5.05. The molecule has 0 bridgehead atoms. The van der Waals surface area contributed by atoms with Gasteiger partial charge in [0.2, 0.25) is 11.8 Å². The van der Waals surface area contributed by atoms with E-state index in [1.54, 1.807) is 65.8 Å². The Kier molecular flexibility index (Phi) is 9.68. The fourth-order valence-corrected chi connectivity index (χ4v) is 3.11. The molecule has 3 amide bonds. The highest BCUT2D eigenvalue weighted by molar-refractivity contribution is 5.93. The molecule has 0 radical (unpaired) electrons. The number of nitrogens with zero attached hydrogens (tertiary/aromatic N) is 1. The first kappa shape index (κ1) is 28.5. The van der Waals surface area contributed by atoms with E-state index < -0.39 is 47.1 Å². The summed E-state index contributed by atoms with van der Waals surface area (Å²) in [6.45, 7) is 11.6. The number of amides is 3. The number of methoxy groups -OCH3 is 1. The van der Waals surface area contributed by atoms with E-state index in [9.17, 15) is 19.2 Å². The van der Waals surface area contributed by atoms with Gasteiger partial charge in [0.05, 0.1) is 7.11 Å². The van der Waals surface area contributed by atoms with Crippen molar-refractivity contribution < 1.29 is 28.7 Å². The maximum Gasteiger partial charge on any atom is 0.408 e. The number of nitrogens with one attached hydrogen (secondary N) is 2. The summed E-state index contributed by atoms with van der Waals surface area (Å²) >= 11 is 0. The number of alkyl carbamates (subject to hydrolysis) is 1. The lowest BCUT2D eigenvalue weighted by molar-refractivity contribution is -0.149. The van der Waals surface area contributed by atoms with Crippen LogP contribution in [0.2, 0.25) is 0 Å². The SMILES string of the molecule is C#Cc1ccc(C(C(=O)NCC(=O)OC)N(C(=O)C(C)NC(=O)OC(C)(C)C)C(C)(C)C)cc1. The first-order chi connectivity index (χ1) is 15.6. The second kappa shape index (κ2) is 11.5. The zero-order valence-electron chi connectivity index (χ0n) is 21.1. The zero-order valence-corrected chi connectivity index (χ0v) is 21.1. The van der Waals surface area contributed by atoms with Gasteiger partial charge in [0.25, 0.3) is 0 Å². The Bertz CT molecular complexity index is 935. The highest BCUT2D eigenvalue weighted by atomic mass is 16.6. The number of esters is 1. The van der Waals surface area contributed by atoms with E-state index in [0.29, 0.717) is 11.1 Å². The summed E-state index contributed by atoms with van der Waals surface area (Å²) in [5.41, 5.74) is -0.509. The molecular formula is C25H35N3O6. The van der Waals surface area contributed by atoms with Crippen molar-refractivity contribution in [3.8, 4) is 12.3 Å². The van der Waals surface area contributed by atoms with Crippen LogP contribution in [0.4, 0.5) is 4.79 Å². The van der Waals surface area contributed by atoms with Crippen LogP contribution in [0.1, 0.15) is 65.6 Å². The van der Waals surface area contributed by atoms with Crippen LogP contribution in [0, 0.1) is 12.3 Å². The Labute approximate surface area is 201 Å². The van der Waals surface area contributed by atoms with Crippen LogP contribution in [0.5, 0.6) is 0 Å². The molecular weight excluding hydrogens is 438 g/mol. The monoisotopic (exact) mass is 473 g/mol. The molecule has 0 spiro atoms. The summed E-state index contributed by atoms with van der Waals surface area (Å²) in [7, 11) is 1.21. The largest absolute Gasteiger partial charge is 0.468 e. The van der Waals surface area contributed by atoms with E-state index >= 15 is 0 Å². The molecule has 0 aliphatic carbocycles. The molecule has 2 unspecified atom stereocenters. The van der Waals surface area contributed by atoms with Gasteiger partial charge in [-0.05, 0) is 66.2 Å². The predicted octanol–water partition coefficient (Wildman–Crippen LogP) is 2.54. The molecule has 1 rings (SSSR count). The average Bonchev–Trinajstić information content (AvgIpc) is 2.72. The van der Waals surface area contributed by atoms with Crippen LogP contribution in [0.15, 0.2) is 24.3 Å². The first-order valence-corrected chi connectivity index (χ1v) is 10.8. The molecule has 0 heterocycles. The molecule has 0 aliphatic heterocycles. The third-order valence-corrected chi connectivity index (χ3v) is 4.60. The summed E-state index contributed by atoms with van der Waals surface area (Å²) in [6, 6.07) is 4.49. The lowest BCUT2D eigenvalue weighted by atomic mass is 9.95. The van der Waals surface area contributed by atoms with Gasteiger partial charge in [-0.25, -0.2) is 4.79 Å². The lowest BCUT2D eigenvalue weighted by Gasteiger charge is -2.42. The number of ether oxygens (including phenoxy) is 2. The smallest absolute Gasteiger partial charge is 0.408 e. The van der Waals surface area contributed by atoms with Gasteiger partial charge < -0.3 is 25.0 Å². The summed E-state index contributed by atoms with van der Waals surface area (Å²) in [6.07, 6.45) is 4.68. The van der Waals surface area contributed by atoms with Gasteiger partial charge in [-0.3, -0.25) is 14.4 Å². The van der Waals surface area contributed by atoms with Gasteiger partial charge in [-0.15, -0.1) is 6.42 Å². The van der Waals surface area contributed by atoms with E-state index in [4.69, 9.17) is 11.2 Å². The molecule has 9 nitrogen and oxygen atoms in total. The molecule has 34 heavy (non-hydrogen) atoms. The van der Waals surface area contributed by atoms with Crippen LogP contribution in [-0.4, -0.2) is 59.6 Å². The van der Waals surface area contributed by atoms with Crippen LogP contribution in [0.25, 0.3) is 0 Å². The third-order valence-electron chi connectivity index (χ3n) is 4.60. The molecule has 0 aromatic heterocycles. The van der Waals surface area contributed by atoms with Gasteiger partial charge in [0.1, 0.15) is 24.2 Å². The van der Waals surface area contributed by atoms with Crippen molar-refractivity contribution in [1.82, 2.24) is 15.5 Å². The minimum atomic E-state index is -1.12. The normalized spacial score (nSPS) is 13.0. The van der Waals surface area contributed by atoms with Crippen LogP contribution >= 0.6 is 0 Å². The third kappa shape index (κ3) is 8.43. The predicted molar refractivity (Wildman–Crippen MR) is 128 cm³/mol. The molecule has 2 N–H and O–H groups in total. The molecule has 9 heteroatoms. The van der Waals surface area contributed by atoms with Crippen molar-refractivity contribution in [3.05, 3.63) is 35.4 Å². The maximum atomic E-state index is 13.6. The lowest BCUT2D eigenvalue weighted by Crippen LogP contribution is -2.58. The fourth-order valence-electron chi connectivity index (χ4n) is 3.11. The second-order valence-electron chi connectivity index (χ2n) is 9.71. The molecule has 0 fully saturated rings. The fraction of sp³-hybridized carbons (Fsp3) is 0.520. The minimum Gasteiger partial charge on any atom is -0.468 e. The Morgan fingerprint density at radius 3 is 2.06 bits per heavy atom. The molecule has 0 aliphatic rings. The molecule has 186 valence electrons. The Hall–Kier alpha value is -3.54. The average molecular weight is 474 g/mol. The summed E-state index contributed by atoms with van der Waals surface area (Å²) < 4.78 is 9.84. The second-order valence-corrected chi connectivity index (χ2v) is 9.71. The number of terminal acetylenes is 1. The number of rotatable bonds is 7. The maximum absolute atomic E-state index is 13.6. The van der Waals surface area contributed by atoms with Crippen molar-refractivity contribution in [2.24, 2.45) is 0 Å². The van der Waals surface area contributed by atoms with Crippen molar-refractivity contribution in [3.63, 3.8) is 0 Å². The van der Waals surface area contributed by atoms with Crippen LogP contribution in [0.3, 0.4) is 0 Å². The summed E-state index contributed by atoms with van der Waals surface area (Å²) in [5.74, 6) is 0.764. The summed E-state index contributed by atoms with van der Waals surface area (Å²) in [4.78, 5) is 52.1. The topological polar surface area (TPSA) is 114 Å². The van der Waals surface area contributed by atoms with Gasteiger partial charge in [-0.1, -0.05) is 18.1 Å². The Balaban J connectivity index is 3.40. The van der Waals surface area contributed by atoms with Gasteiger partial charge in [0, 0.05) is 11.1 Å². The Morgan fingerprint density at radius 1 is 1.06 bits per heavy atom. The van der Waals surface area contributed by atoms with E-state index in [1.807, 2.05) is 0 Å². The molecule has 0 saturated carbocycles. The van der Waals surface area contributed by atoms with Crippen LogP contribution < -0.4 is 10.6 Å². The number of carbonyl (C=O) groups excluding carboxylic acids is 4. The minimum absolute atomic E-state index is 0.369. The number of hydrogen-bond donors (Lipinski definition) is 2. The van der Waals surface area contributed by atoms with Gasteiger partial charge in [-0.2, -0.15) is 0 Å². The van der Waals surface area contributed by atoms with E-state index in [0.717, 1.165) is 0 Å². The number of hydrogen-bond acceptors (Lipinski definition) is 6. The zero-order chi connectivity index (χ0) is 26.3. The Morgan fingerprint density at radius 2 is 1.62 bits per heavy atom. The highest BCUT2D eigenvalue weighted by Crippen LogP contribution is 2.30. The van der Waals surface area contributed by atoms with Crippen molar-refractivity contribution in [1.29, 1.82) is 0 Å². The van der Waals surface area contributed by atoms with Crippen molar-refractivity contribution >= 4 is 23.9 Å². The standard InChI is InChI=1S/C25H35N3O6/c1-10-17-11-13-18(14-12-17)20(21(30)26-15-19(29)33-9)28(24(3,4)5)22(31)16(2)27-23(32)34-25(6,7)8/h1,11-14,16,20H,15H2,2-9H3,(H,26,30)(H,27,32).